The Labute approximate surface area is 131 Å². The summed E-state index contributed by atoms with van der Waals surface area (Å²) in [4.78, 5) is 13.3. The van der Waals surface area contributed by atoms with Crippen molar-refractivity contribution in [3.8, 4) is 0 Å². The van der Waals surface area contributed by atoms with Gasteiger partial charge in [0, 0.05) is 24.5 Å². The van der Waals surface area contributed by atoms with E-state index in [9.17, 15) is 27.5 Å². The van der Waals surface area contributed by atoms with E-state index in [1.807, 2.05) is 25.7 Å². The molecule has 0 unspecified atom stereocenters. The zero-order valence-electron chi connectivity index (χ0n) is 13.1. The molecule has 0 aromatic heterocycles. The van der Waals surface area contributed by atoms with E-state index in [0.717, 1.165) is 6.07 Å². The van der Waals surface area contributed by atoms with Gasteiger partial charge in [0.2, 0.25) is 0 Å². The lowest BCUT2D eigenvalue weighted by Gasteiger charge is -2.31. The summed E-state index contributed by atoms with van der Waals surface area (Å²) in [6.45, 7) is 6.04. The monoisotopic (exact) mass is 333 g/mol. The molecule has 1 aliphatic heterocycles. The van der Waals surface area contributed by atoms with Crippen molar-refractivity contribution in [1.29, 1.82) is 0 Å². The molecule has 0 saturated carbocycles. The Balaban J connectivity index is 2.46. The van der Waals surface area contributed by atoms with Crippen molar-refractivity contribution in [1.82, 2.24) is 4.90 Å². The van der Waals surface area contributed by atoms with Crippen LogP contribution in [0.25, 0.3) is 0 Å². The summed E-state index contributed by atoms with van der Waals surface area (Å²) < 4.78 is 53.0. The van der Waals surface area contributed by atoms with Gasteiger partial charge in [0.15, 0.2) is 0 Å². The third kappa shape index (κ3) is 3.49. The predicted molar refractivity (Wildman–Crippen MR) is 76.6 cm³/mol. The van der Waals surface area contributed by atoms with Gasteiger partial charge in [-0.1, -0.05) is 12.1 Å². The first-order chi connectivity index (χ1) is 10.4. The van der Waals surface area contributed by atoms with Gasteiger partial charge in [0.1, 0.15) is 5.82 Å². The Bertz CT molecular complexity index is 607. The van der Waals surface area contributed by atoms with E-state index in [1.54, 1.807) is 0 Å². The second-order valence-electron chi connectivity index (χ2n) is 6.83. The van der Waals surface area contributed by atoms with Gasteiger partial charge >= 0.3 is 12.1 Å². The van der Waals surface area contributed by atoms with E-state index in [4.69, 9.17) is 0 Å². The summed E-state index contributed by atoms with van der Waals surface area (Å²) in [5.41, 5.74) is -1.88. The maximum absolute atomic E-state index is 14.3. The molecule has 7 heteroatoms. The maximum Gasteiger partial charge on any atom is 0.419 e. The molecule has 1 aliphatic rings. The van der Waals surface area contributed by atoms with Crippen LogP contribution in [0.4, 0.5) is 17.6 Å². The first-order valence-electron chi connectivity index (χ1n) is 7.26. The third-order valence-corrected chi connectivity index (χ3v) is 4.32. The lowest BCUT2D eigenvalue weighted by atomic mass is 9.87. The molecule has 0 aliphatic carbocycles. The van der Waals surface area contributed by atoms with Crippen LogP contribution in [-0.4, -0.2) is 34.6 Å². The van der Waals surface area contributed by atoms with Crippen LogP contribution in [0.2, 0.25) is 0 Å². The molecule has 128 valence electrons. The van der Waals surface area contributed by atoms with Gasteiger partial charge < -0.3 is 5.11 Å². The minimum absolute atomic E-state index is 0.180. The fourth-order valence-corrected chi connectivity index (χ4v) is 2.97. The van der Waals surface area contributed by atoms with Gasteiger partial charge in [-0.3, -0.25) is 9.69 Å². The van der Waals surface area contributed by atoms with E-state index < -0.39 is 35.4 Å². The fourth-order valence-electron chi connectivity index (χ4n) is 2.97. The van der Waals surface area contributed by atoms with Crippen molar-refractivity contribution in [2.45, 2.75) is 38.4 Å². The van der Waals surface area contributed by atoms with E-state index >= 15 is 0 Å². The normalized spacial score (nSPS) is 23.3. The lowest BCUT2D eigenvalue weighted by molar-refractivity contribution is -0.141. The zero-order valence-corrected chi connectivity index (χ0v) is 13.1. The summed E-state index contributed by atoms with van der Waals surface area (Å²) in [6, 6.07) is 3.04. The van der Waals surface area contributed by atoms with Crippen LogP contribution in [0.3, 0.4) is 0 Å². The largest absolute Gasteiger partial charge is 0.481 e. The standard InChI is InChI=1S/C16H19F4NO2/c1-15(2,3)21-7-10(11(8-21)14(22)23)9-5-4-6-12(13(9)17)16(18,19)20/h4-6,10-11H,7-8H2,1-3H3,(H,22,23)/t10-,11+/m0/s1. The molecule has 1 heterocycles. The Morgan fingerprint density at radius 1 is 1.22 bits per heavy atom. The Hall–Kier alpha value is -1.63. The highest BCUT2D eigenvalue weighted by atomic mass is 19.4. The van der Waals surface area contributed by atoms with Crippen LogP contribution in [0, 0.1) is 11.7 Å². The van der Waals surface area contributed by atoms with E-state index in [-0.39, 0.29) is 24.2 Å². The number of hydrogen-bond acceptors (Lipinski definition) is 2. The highest BCUT2D eigenvalue weighted by Gasteiger charge is 2.44. The van der Waals surface area contributed by atoms with E-state index in [1.165, 1.54) is 6.07 Å². The van der Waals surface area contributed by atoms with Crippen molar-refractivity contribution in [2.24, 2.45) is 5.92 Å². The Morgan fingerprint density at radius 3 is 2.30 bits per heavy atom. The molecule has 2 rings (SSSR count). The number of aliphatic carboxylic acids is 1. The number of alkyl halides is 3. The highest BCUT2D eigenvalue weighted by molar-refractivity contribution is 5.72. The van der Waals surface area contributed by atoms with Crippen LogP contribution in [0.15, 0.2) is 18.2 Å². The maximum atomic E-state index is 14.3. The number of nitrogens with zero attached hydrogens (tertiary/aromatic N) is 1. The lowest BCUT2D eigenvalue weighted by Crippen LogP contribution is -2.40. The number of hydrogen-bond donors (Lipinski definition) is 1. The van der Waals surface area contributed by atoms with Crippen molar-refractivity contribution in [3.05, 3.63) is 35.1 Å². The van der Waals surface area contributed by atoms with Gasteiger partial charge in [0.05, 0.1) is 11.5 Å². The minimum Gasteiger partial charge on any atom is -0.481 e. The summed E-state index contributed by atoms with van der Waals surface area (Å²) in [7, 11) is 0. The second-order valence-corrected chi connectivity index (χ2v) is 6.83. The third-order valence-electron chi connectivity index (χ3n) is 4.32. The molecule has 0 radical (unpaired) electrons. The average molecular weight is 333 g/mol. The smallest absolute Gasteiger partial charge is 0.419 e. The Kier molecular flexibility index (Phi) is 4.45. The molecular weight excluding hydrogens is 314 g/mol. The number of likely N-dealkylation sites (tertiary alicyclic amines) is 1. The molecule has 1 aromatic carbocycles. The molecule has 23 heavy (non-hydrogen) atoms. The van der Waals surface area contributed by atoms with Crippen LogP contribution in [-0.2, 0) is 11.0 Å². The Morgan fingerprint density at radius 2 is 1.83 bits per heavy atom. The van der Waals surface area contributed by atoms with Crippen LogP contribution >= 0.6 is 0 Å². The van der Waals surface area contributed by atoms with Gasteiger partial charge in [-0.25, -0.2) is 4.39 Å². The quantitative estimate of drug-likeness (QED) is 0.838. The van der Waals surface area contributed by atoms with Crippen LogP contribution < -0.4 is 0 Å². The summed E-state index contributed by atoms with van der Waals surface area (Å²) >= 11 is 0. The average Bonchev–Trinajstić information content (AvgIpc) is 2.82. The first kappa shape index (κ1) is 17.7. The van der Waals surface area contributed by atoms with Gasteiger partial charge in [0.25, 0.3) is 0 Å². The SMILES string of the molecule is CC(C)(C)N1C[C@@H](C(=O)O)[C@H](c2cccc(C(F)(F)F)c2F)C1. The molecule has 1 saturated heterocycles. The van der Waals surface area contributed by atoms with Crippen molar-refractivity contribution in [3.63, 3.8) is 0 Å². The zero-order chi connectivity index (χ0) is 17.6. The molecule has 1 N–H and O–H groups in total. The van der Waals surface area contributed by atoms with Crippen LogP contribution in [0.1, 0.15) is 37.8 Å². The fraction of sp³-hybridized carbons (Fsp3) is 0.562. The van der Waals surface area contributed by atoms with Gasteiger partial charge in [-0.2, -0.15) is 13.2 Å². The number of carbonyl (C=O) groups is 1. The van der Waals surface area contributed by atoms with Gasteiger partial charge in [-0.05, 0) is 32.4 Å². The van der Waals surface area contributed by atoms with E-state index in [0.29, 0.717) is 6.07 Å². The molecule has 0 bridgehead atoms. The minimum atomic E-state index is -4.80. The second kappa shape index (κ2) is 5.78. The molecule has 0 spiro atoms. The number of carboxylic acid groups (broad SMARTS) is 1. The molecule has 0 amide bonds. The predicted octanol–water partition coefficient (Wildman–Crippen LogP) is 3.74. The topological polar surface area (TPSA) is 40.5 Å². The van der Waals surface area contributed by atoms with Crippen molar-refractivity contribution < 1.29 is 27.5 Å². The number of benzene rings is 1. The van der Waals surface area contributed by atoms with Crippen molar-refractivity contribution in [2.75, 3.05) is 13.1 Å². The van der Waals surface area contributed by atoms with Crippen LogP contribution in [0.5, 0.6) is 0 Å². The summed E-state index contributed by atoms with van der Waals surface area (Å²) in [5.74, 6) is -4.24. The number of carboxylic acids is 1. The molecule has 1 fully saturated rings. The van der Waals surface area contributed by atoms with E-state index in [2.05, 4.69) is 0 Å². The highest BCUT2D eigenvalue weighted by Crippen LogP contribution is 2.40. The van der Waals surface area contributed by atoms with Crippen molar-refractivity contribution >= 4 is 5.97 Å². The summed E-state index contributed by atoms with van der Waals surface area (Å²) in [5, 5.41) is 9.38. The molecular formula is C16H19F4NO2. The summed E-state index contributed by atoms with van der Waals surface area (Å²) in [6.07, 6.45) is -4.80. The first-order valence-corrected chi connectivity index (χ1v) is 7.26. The molecule has 3 nitrogen and oxygen atoms in total. The van der Waals surface area contributed by atoms with Gasteiger partial charge in [-0.15, -0.1) is 0 Å². The number of rotatable bonds is 2. The molecule has 2 atom stereocenters. The molecule has 1 aromatic rings. The number of halogens is 4.